The van der Waals surface area contributed by atoms with Crippen LogP contribution in [-0.2, 0) is 4.74 Å². The third-order valence-corrected chi connectivity index (χ3v) is 2.26. The smallest absolute Gasteiger partial charge is 0.0697 e. The lowest BCUT2D eigenvalue weighted by Crippen LogP contribution is -2.35. The average molecular weight is 187 g/mol. The summed E-state index contributed by atoms with van der Waals surface area (Å²) in [6, 6.07) is 0.180. The highest BCUT2D eigenvalue weighted by Gasteiger charge is 2.16. The average Bonchev–Trinajstić information content (AvgIpc) is 1.99. The van der Waals surface area contributed by atoms with Gasteiger partial charge in [-0.3, -0.25) is 0 Å². The third-order valence-electron chi connectivity index (χ3n) is 2.26. The van der Waals surface area contributed by atoms with Crippen molar-refractivity contribution >= 4 is 0 Å². The number of hydrogen-bond acceptors (Lipinski definition) is 2. The highest BCUT2D eigenvalue weighted by atomic mass is 16.5. The van der Waals surface area contributed by atoms with Crippen LogP contribution in [0.1, 0.15) is 47.5 Å². The van der Waals surface area contributed by atoms with E-state index in [4.69, 9.17) is 10.5 Å². The molecule has 0 aliphatic heterocycles. The van der Waals surface area contributed by atoms with Crippen LogP contribution in [-0.4, -0.2) is 18.8 Å². The van der Waals surface area contributed by atoms with Crippen molar-refractivity contribution < 1.29 is 4.74 Å². The van der Waals surface area contributed by atoms with Gasteiger partial charge in [0.15, 0.2) is 0 Å². The maximum atomic E-state index is 5.99. The van der Waals surface area contributed by atoms with Crippen molar-refractivity contribution in [1.82, 2.24) is 0 Å². The molecule has 2 atom stereocenters. The molecule has 2 nitrogen and oxygen atoms in total. The van der Waals surface area contributed by atoms with Crippen LogP contribution in [0, 0.1) is 5.41 Å². The van der Waals surface area contributed by atoms with Crippen molar-refractivity contribution in [3.05, 3.63) is 0 Å². The van der Waals surface area contributed by atoms with Crippen LogP contribution < -0.4 is 5.73 Å². The van der Waals surface area contributed by atoms with Crippen molar-refractivity contribution in [2.45, 2.75) is 59.6 Å². The lowest BCUT2D eigenvalue weighted by atomic mass is 9.88. The Balaban J connectivity index is 3.67. The Kier molecular flexibility index (Phi) is 5.57. The van der Waals surface area contributed by atoms with Gasteiger partial charge in [-0.05, 0) is 32.1 Å². The zero-order chi connectivity index (χ0) is 10.5. The van der Waals surface area contributed by atoms with Gasteiger partial charge in [0.2, 0.25) is 0 Å². The highest BCUT2D eigenvalue weighted by molar-refractivity contribution is 4.73. The molecule has 0 aromatic heterocycles. The van der Waals surface area contributed by atoms with Gasteiger partial charge < -0.3 is 10.5 Å². The predicted octanol–water partition coefficient (Wildman–Crippen LogP) is 2.57. The van der Waals surface area contributed by atoms with E-state index in [1.54, 1.807) is 0 Å². The van der Waals surface area contributed by atoms with Crippen molar-refractivity contribution in [1.29, 1.82) is 0 Å². The standard InChI is InChI=1S/C11H25NO/c1-6-13-9(2)10(12)7-8-11(3,4)5/h9-10H,6-8,12H2,1-5H3. The Labute approximate surface area is 82.8 Å². The van der Waals surface area contributed by atoms with E-state index in [0.29, 0.717) is 5.41 Å². The molecule has 0 bridgehead atoms. The molecule has 0 aliphatic rings. The van der Waals surface area contributed by atoms with Gasteiger partial charge in [0.05, 0.1) is 6.10 Å². The van der Waals surface area contributed by atoms with Crippen LogP contribution in [0.2, 0.25) is 0 Å². The van der Waals surface area contributed by atoms with E-state index in [9.17, 15) is 0 Å². The largest absolute Gasteiger partial charge is 0.377 e. The normalized spacial score (nSPS) is 17.1. The molecule has 0 radical (unpaired) electrons. The Morgan fingerprint density at radius 1 is 1.31 bits per heavy atom. The van der Waals surface area contributed by atoms with Crippen molar-refractivity contribution in [2.75, 3.05) is 6.61 Å². The van der Waals surface area contributed by atoms with E-state index in [1.165, 1.54) is 0 Å². The monoisotopic (exact) mass is 187 g/mol. The minimum Gasteiger partial charge on any atom is -0.377 e. The molecule has 0 spiro atoms. The number of nitrogens with two attached hydrogens (primary N) is 1. The molecule has 0 aromatic carbocycles. The zero-order valence-corrected chi connectivity index (χ0v) is 9.76. The molecule has 0 saturated heterocycles. The number of ether oxygens (including phenoxy) is 1. The molecule has 0 heterocycles. The Bertz CT molecular complexity index is 129. The molecule has 0 saturated carbocycles. The molecular weight excluding hydrogens is 162 g/mol. The first-order chi connectivity index (χ1) is 5.87. The predicted molar refractivity (Wildman–Crippen MR) is 57.8 cm³/mol. The van der Waals surface area contributed by atoms with Crippen LogP contribution in [0.4, 0.5) is 0 Å². The molecule has 2 unspecified atom stereocenters. The maximum absolute atomic E-state index is 5.99. The van der Waals surface area contributed by atoms with Gasteiger partial charge in [-0.25, -0.2) is 0 Å². The summed E-state index contributed by atoms with van der Waals surface area (Å²) in [5.41, 5.74) is 6.36. The van der Waals surface area contributed by atoms with Crippen LogP contribution in [0.5, 0.6) is 0 Å². The van der Waals surface area contributed by atoms with Crippen LogP contribution in [0.3, 0.4) is 0 Å². The van der Waals surface area contributed by atoms with Gasteiger partial charge in [-0.15, -0.1) is 0 Å². The van der Waals surface area contributed by atoms with Gasteiger partial charge in [-0.1, -0.05) is 20.8 Å². The summed E-state index contributed by atoms with van der Waals surface area (Å²) >= 11 is 0. The molecular formula is C11H25NO. The molecule has 80 valence electrons. The fourth-order valence-corrected chi connectivity index (χ4v) is 1.22. The van der Waals surface area contributed by atoms with E-state index in [1.807, 2.05) is 6.92 Å². The van der Waals surface area contributed by atoms with E-state index in [2.05, 4.69) is 27.7 Å². The molecule has 13 heavy (non-hydrogen) atoms. The molecule has 2 heteroatoms. The molecule has 0 aromatic rings. The molecule has 0 rings (SSSR count). The first-order valence-corrected chi connectivity index (χ1v) is 5.24. The minimum absolute atomic E-state index is 0.180. The zero-order valence-electron chi connectivity index (χ0n) is 9.76. The van der Waals surface area contributed by atoms with Crippen LogP contribution in [0.25, 0.3) is 0 Å². The fraction of sp³-hybridized carbons (Fsp3) is 1.00. The second-order valence-electron chi connectivity index (χ2n) is 4.92. The topological polar surface area (TPSA) is 35.2 Å². The number of rotatable bonds is 5. The SMILES string of the molecule is CCOC(C)C(N)CCC(C)(C)C. The first kappa shape index (κ1) is 12.9. The highest BCUT2D eigenvalue weighted by Crippen LogP contribution is 2.22. The molecule has 0 amide bonds. The quantitative estimate of drug-likeness (QED) is 0.718. The lowest BCUT2D eigenvalue weighted by Gasteiger charge is -2.24. The van der Waals surface area contributed by atoms with Gasteiger partial charge in [0.1, 0.15) is 0 Å². The van der Waals surface area contributed by atoms with Gasteiger partial charge in [-0.2, -0.15) is 0 Å². The fourth-order valence-electron chi connectivity index (χ4n) is 1.22. The number of hydrogen-bond donors (Lipinski definition) is 1. The van der Waals surface area contributed by atoms with Gasteiger partial charge >= 0.3 is 0 Å². The summed E-state index contributed by atoms with van der Waals surface area (Å²) in [5, 5.41) is 0. The second kappa shape index (κ2) is 5.61. The van der Waals surface area contributed by atoms with E-state index in [-0.39, 0.29) is 12.1 Å². The van der Waals surface area contributed by atoms with Crippen LogP contribution >= 0.6 is 0 Å². The van der Waals surface area contributed by atoms with E-state index in [0.717, 1.165) is 19.4 Å². The first-order valence-electron chi connectivity index (χ1n) is 5.24. The Morgan fingerprint density at radius 2 is 1.85 bits per heavy atom. The van der Waals surface area contributed by atoms with Gasteiger partial charge in [0.25, 0.3) is 0 Å². The summed E-state index contributed by atoms with van der Waals surface area (Å²) in [5.74, 6) is 0. The Morgan fingerprint density at radius 3 is 2.23 bits per heavy atom. The third kappa shape index (κ3) is 7.03. The summed E-state index contributed by atoms with van der Waals surface area (Å²) < 4.78 is 5.44. The molecule has 0 aliphatic carbocycles. The second-order valence-corrected chi connectivity index (χ2v) is 4.92. The van der Waals surface area contributed by atoms with Crippen molar-refractivity contribution in [2.24, 2.45) is 11.1 Å². The summed E-state index contributed by atoms with van der Waals surface area (Å²) in [6.07, 6.45) is 2.39. The van der Waals surface area contributed by atoms with E-state index >= 15 is 0 Å². The molecule has 2 N–H and O–H groups in total. The lowest BCUT2D eigenvalue weighted by molar-refractivity contribution is 0.0528. The maximum Gasteiger partial charge on any atom is 0.0697 e. The molecule has 0 fully saturated rings. The van der Waals surface area contributed by atoms with E-state index < -0.39 is 0 Å². The minimum atomic E-state index is 0.180. The summed E-state index contributed by atoms with van der Waals surface area (Å²) in [4.78, 5) is 0. The van der Waals surface area contributed by atoms with Crippen LogP contribution in [0.15, 0.2) is 0 Å². The van der Waals surface area contributed by atoms with Gasteiger partial charge in [0, 0.05) is 12.6 Å². The van der Waals surface area contributed by atoms with Crippen molar-refractivity contribution in [3.8, 4) is 0 Å². The summed E-state index contributed by atoms with van der Waals surface area (Å²) in [6.45, 7) is 11.5. The summed E-state index contributed by atoms with van der Waals surface area (Å²) in [7, 11) is 0. The Hall–Kier alpha value is -0.0800. The van der Waals surface area contributed by atoms with Crippen molar-refractivity contribution in [3.63, 3.8) is 0 Å².